The van der Waals surface area contributed by atoms with E-state index in [4.69, 9.17) is 10.5 Å². The Labute approximate surface area is 178 Å². The Hall–Kier alpha value is -3.55. The second kappa shape index (κ2) is 9.07. The van der Waals surface area contributed by atoms with Crippen LogP contribution in [0.3, 0.4) is 0 Å². The third kappa shape index (κ3) is 4.79. The first-order chi connectivity index (χ1) is 15.0. The standard InChI is InChI=1S/C23H22F2N4O2/c24-16-6-4-15(5-7-16)19-13-27-23(26)28-22(19)20-3-1-2-12-29(20)21(30)14-31-18-10-8-17(25)9-11-18/h4-11,13,20H,1-3,12,14H2,(H2,26,27,28)/t20-/m1/s1. The molecule has 0 radical (unpaired) electrons. The van der Waals surface area contributed by atoms with Crippen molar-refractivity contribution in [1.82, 2.24) is 14.9 Å². The van der Waals surface area contributed by atoms with Crippen molar-refractivity contribution in [2.75, 3.05) is 18.9 Å². The minimum atomic E-state index is -0.371. The molecule has 3 aromatic rings. The zero-order valence-electron chi connectivity index (χ0n) is 16.8. The van der Waals surface area contributed by atoms with Crippen molar-refractivity contribution >= 4 is 11.9 Å². The molecule has 0 saturated carbocycles. The van der Waals surface area contributed by atoms with E-state index in [9.17, 15) is 13.6 Å². The van der Waals surface area contributed by atoms with E-state index in [1.54, 1.807) is 23.2 Å². The van der Waals surface area contributed by atoms with Crippen molar-refractivity contribution in [1.29, 1.82) is 0 Å². The summed E-state index contributed by atoms with van der Waals surface area (Å²) < 4.78 is 32.0. The zero-order valence-corrected chi connectivity index (χ0v) is 16.8. The molecule has 1 fully saturated rings. The summed E-state index contributed by atoms with van der Waals surface area (Å²) in [5.41, 5.74) is 7.95. The smallest absolute Gasteiger partial charge is 0.261 e. The molecule has 0 spiro atoms. The molecule has 1 aromatic heterocycles. The van der Waals surface area contributed by atoms with Gasteiger partial charge in [0.15, 0.2) is 6.61 Å². The normalized spacial score (nSPS) is 16.2. The van der Waals surface area contributed by atoms with Crippen LogP contribution in [0.4, 0.5) is 14.7 Å². The summed E-state index contributed by atoms with van der Waals surface area (Å²) >= 11 is 0. The second-order valence-corrected chi connectivity index (χ2v) is 7.38. The van der Waals surface area contributed by atoms with Crippen LogP contribution in [0.2, 0.25) is 0 Å². The quantitative estimate of drug-likeness (QED) is 0.666. The number of nitrogen functional groups attached to an aromatic ring is 1. The van der Waals surface area contributed by atoms with E-state index in [1.807, 2.05) is 0 Å². The van der Waals surface area contributed by atoms with Crippen LogP contribution in [0.1, 0.15) is 31.0 Å². The lowest BCUT2D eigenvalue weighted by molar-refractivity contribution is -0.137. The molecule has 31 heavy (non-hydrogen) atoms. The number of nitrogens with two attached hydrogens (primary N) is 1. The van der Waals surface area contributed by atoms with E-state index < -0.39 is 0 Å². The Bertz CT molecular complexity index is 1060. The number of halogens is 2. The molecule has 0 bridgehead atoms. The Morgan fingerprint density at radius 3 is 2.45 bits per heavy atom. The zero-order chi connectivity index (χ0) is 21.8. The molecule has 6 nitrogen and oxygen atoms in total. The van der Waals surface area contributed by atoms with Crippen molar-refractivity contribution in [3.05, 3.63) is 72.1 Å². The molecule has 4 rings (SSSR count). The molecule has 1 atom stereocenters. The number of hydrogen-bond acceptors (Lipinski definition) is 5. The lowest BCUT2D eigenvalue weighted by atomic mass is 9.93. The highest BCUT2D eigenvalue weighted by Crippen LogP contribution is 2.36. The van der Waals surface area contributed by atoms with Crippen molar-refractivity contribution < 1.29 is 18.3 Å². The summed E-state index contributed by atoms with van der Waals surface area (Å²) in [6.45, 7) is 0.387. The van der Waals surface area contributed by atoms with E-state index in [0.29, 0.717) is 30.0 Å². The third-order valence-electron chi connectivity index (χ3n) is 5.31. The maximum atomic E-state index is 13.4. The molecule has 8 heteroatoms. The molecule has 0 aliphatic carbocycles. The first-order valence-corrected chi connectivity index (χ1v) is 10.1. The molecule has 0 unspecified atom stereocenters. The van der Waals surface area contributed by atoms with Crippen LogP contribution < -0.4 is 10.5 Å². The molecule has 2 N–H and O–H groups in total. The third-order valence-corrected chi connectivity index (χ3v) is 5.31. The van der Waals surface area contributed by atoms with E-state index in [1.165, 1.54) is 36.4 Å². The summed E-state index contributed by atoms with van der Waals surface area (Å²) in [7, 11) is 0. The van der Waals surface area contributed by atoms with Crippen molar-refractivity contribution in [2.24, 2.45) is 0 Å². The minimum Gasteiger partial charge on any atom is -0.484 e. The highest BCUT2D eigenvalue weighted by atomic mass is 19.1. The van der Waals surface area contributed by atoms with Crippen LogP contribution in [0, 0.1) is 11.6 Å². The van der Waals surface area contributed by atoms with Crippen LogP contribution in [0.5, 0.6) is 5.75 Å². The first kappa shape index (κ1) is 20.7. The Morgan fingerprint density at radius 1 is 1.06 bits per heavy atom. The molecular weight excluding hydrogens is 402 g/mol. The number of likely N-dealkylation sites (tertiary alicyclic amines) is 1. The summed E-state index contributed by atoms with van der Waals surface area (Å²) in [5.74, 6) is -0.377. The fourth-order valence-electron chi connectivity index (χ4n) is 3.79. The minimum absolute atomic E-state index is 0.112. The number of hydrogen-bond donors (Lipinski definition) is 1. The number of amides is 1. The van der Waals surface area contributed by atoms with Crippen LogP contribution >= 0.6 is 0 Å². The largest absolute Gasteiger partial charge is 0.484 e. The van der Waals surface area contributed by atoms with Gasteiger partial charge in [0.05, 0.1) is 11.7 Å². The molecular formula is C23H22F2N4O2. The highest BCUT2D eigenvalue weighted by Gasteiger charge is 2.31. The molecule has 1 amide bonds. The number of carbonyl (C=O) groups is 1. The second-order valence-electron chi connectivity index (χ2n) is 7.38. The van der Waals surface area contributed by atoms with Gasteiger partial charge in [0, 0.05) is 18.3 Å². The predicted octanol–water partition coefficient (Wildman–Crippen LogP) is 4.14. The van der Waals surface area contributed by atoms with E-state index in [-0.39, 0.29) is 36.1 Å². The lowest BCUT2D eigenvalue weighted by Gasteiger charge is -2.36. The molecule has 1 aliphatic heterocycles. The summed E-state index contributed by atoms with van der Waals surface area (Å²) in [4.78, 5) is 23.3. The Kier molecular flexibility index (Phi) is 6.06. The fraction of sp³-hybridized carbons (Fsp3) is 0.261. The molecule has 2 aromatic carbocycles. The van der Waals surface area contributed by atoms with Gasteiger partial charge in [-0.25, -0.2) is 18.7 Å². The van der Waals surface area contributed by atoms with Crippen LogP contribution in [-0.2, 0) is 4.79 Å². The number of piperidine rings is 1. The average molecular weight is 424 g/mol. The van der Waals surface area contributed by atoms with Crippen LogP contribution in [0.15, 0.2) is 54.7 Å². The summed E-state index contributed by atoms with van der Waals surface area (Å²) in [6, 6.07) is 11.3. The van der Waals surface area contributed by atoms with E-state index in [0.717, 1.165) is 18.4 Å². The van der Waals surface area contributed by atoms with Gasteiger partial charge in [-0.05, 0) is 61.2 Å². The first-order valence-electron chi connectivity index (χ1n) is 10.1. The maximum Gasteiger partial charge on any atom is 0.261 e. The monoisotopic (exact) mass is 424 g/mol. The fourth-order valence-corrected chi connectivity index (χ4v) is 3.79. The van der Waals surface area contributed by atoms with Crippen LogP contribution in [0.25, 0.3) is 11.1 Å². The Morgan fingerprint density at radius 2 is 1.74 bits per heavy atom. The topological polar surface area (TPSA) is 81.3 Å². The van der Waals surface area contributed by atoms with Crippen LogP contribution in [-0.4, -0.2) is 33.9 Å². The SMILES string of the molecule is Nc1ncc(-c2ccc(F)cc2)c([C@H]2CCCCN2C(=O)COc2ccc(F)cc2)n1. The Balaban J connectivity index is 1.59. The van der Waals surface area contributed by atoms with Crippen molar-refractivity contribution in [3.63, 3.8) is 0 Å². The number of nitrogens with zero attached hydrogens (tertiary/aromatic N) is 3. The van der Waals surface area contributed by atoms with Gasteiger partial charge in [0.2, 0.25) is 5.95 Å². The van der Waals surface area contributed by atoms with Gasteiger partial charge in [-0.3, -0.25) is 4.79 Å². The van der Waals surface area contributed by atoms with Gasteiger partial charge in [-0.2, -0.15) is 0 Å². The number of carbonyl (C=O) groups excluding carboxylic acids is 1. The number of ether oxygens (including phenoxy) is 1. The molecule has 160 valence electrons. The predicted molar refractivity (Wildman–Crippen MR) is 112 cm³/mol. The maximum absolute atomic E-state index is 13.4. The van der Waals surface area contributed by atoms with Gasteiger partial charge in [-0.1, -0.05) is 12.1 Å². The van der Waals surface area contributed by atoms with E-state index in [2.05, 4.69) is 9.97 Å². The average Bonchev–Trinajstić information content (AvgIpc) is 2.79. The number of aromatic nitrogens is 2. The van der Waals surface area contributed by atoms with Crippen molar-refractivity contribution in [3.8, 4) is 16.9 Å². The van der Waals surface area contributed by atoms with Gasteiger partial charge in [-0.15, -0.1) is 0 Å². The molecule has 1 aliphatic rings. The van der Waals surface area contributed by atoms with Gasteiger partial charge >= 0.3 is 0 Å². The van der Waals surface area contributed by atoms with Gasteiger partial charge in [0.1, 0.15) is 17.4 Å². The van der Waals surface area contributed by atoms with Gasteiger partial charge in [0.25, 0.3) is 5.91 Å². The number of rotatable bonds is 5. The molecule has 2 heterocycles. The molecule has 1 saturated heterocycles. The van der Waals surface area contributed by atoms with Crippen molar-refractivity contribution in [2.45, 2.75) is 25.3 Å². The number of benzene rings is 2. The van der Waals surface area contributed by atoms with E-state index >= 15 is 0 Å². The lowest BCUT2D eigenvalue weighted by Crippen LogP contribution is -2.41. The summed E-state index contributed by atoms with van der Waals surface area (Å²) in [6.07, 6.45) is 4.12. The summed E-state index contributed by atoms with van der Waals surface area (Å²) in [5, 5.41) is 0. The van der Waals surface area contributed by atoms with Gasteiger partial charge < -0.3 is 15.4 Å². The number of anilines is 1. The highest BCUT2D eigenvalue weighted by molar-refractivity contribution is 5.79.